The average molecular weight is 265 g/mol. The van der Waals surface area contributed by atoms with E-state index >= 15 is 0 Å². The first-order chi connectivity index (χ1) is 9.33. The smallest absolute Gasteiger partial charge is 0.142 e. The van der Waals surface area contributed by atoms with Gasteiger partial charge in [0.15, 0.2) is 0 Å². The minimum Gasteiger partial charge on any atom is -0.497 e. The molecule has 0 bridgehead atoms. The van der Waals surface area contributed by atoms with Gasteiger partial charge in [-0.2, -0.15) is 0 Å². The van der Waals surface area contributed by atoms with Crippen LogP contribution >= 0.6 is 0 Å². The van der Waals surface area contributed by atoms with Crippen LogP contribution in [0.5, 0.6) is 11.5 Å². The Bertz CT molecular complexity index is 389. The third kappa shape index (κ3) is 4.03. The van der Waals surface area contributed by atoms with Gasteiger partial charge >= 0.3 is 0 Å². The van der Waals surface area contributed by atoms with E-state index < -0.39 is 0 Å². The summed E-state index contributed by atoms with van der Waals surface area (Å²) in [6, 6.07) is 5.78. The molecule has 19 heavy (non-hydrogen) atoms. The molecule has 1 saturated heterocycles. The van der Waals surface area contributed by atoms with Gasteiger partial charge in [0, 0.05) is 19.2 Å². The second-order valence-electron chi connectivity index (χ2n) is 4.77. The third-order valence-corrected chi connectivity index (χ3v) is 3.45. The van der Waals surface area contributed by atoms with Crippen molar-refractivity contribution in [1.82, 2.24) is 0 Å². The van der Waals surface area contributed by atoms with Gasteiger partial charge in [-0.05, 0) is 37.8 Å². The largest absolute Gasteiger partial charge is 0.497 e. The Kier molecular flexibility index (Phi) is 5.33. The molecule has 1 heterocycles. The second kappa shape index (κ2) is 7.24. The normalized spacial score (nSPS) is 18.3. The van der Waals surface area contributed by atoms with Crippen LogP contribution in [0.1, 0.15) is 25.7 Å². The van der Waals surface area contributed by atoms with E-state index in [4.69, 9.17) is 14.2 Å². The summed E-state index contributed by atoms with van der Waals surface area (Å²) in [6.07, 6.45) is 5.11. The van der Waals surface area contributed by atoms with E-state index in [0.29, 0.717) is 6.10 Å². The highest BCUT2D eigenvalue weighted by Gasteiger charge is 2.14. The molecule has 106 valence electrons. The van der Waals surface area contributed by atoms with Crippen LogP contribution in [-0.4, -0.2) is 33.5 Å². The number of ether oxygens (including phenoxy) is 3. The van der Waals surface area contributed by atoms with E-state index in [-0.39, 0.29) is 0 Å². The standard InChI is InChI=1S/C15H23NO3/c1-17-13-7-8-15(18-2)14(11-13)16-9-3-5-12-6-4-10-19-12/h7-8,11-12,16H,3-6,9-10H2,1-2H3. The molecule has 0 aliphatic carbocycles. The molecule has 1 unspecified atom stereocenters. The van der Waals surface area contributed by atoms with Crippen molar-refractivity contribution in [2.24, 2.45) is 0 Å². The van der Waals surface area contributed by atoms with Gasteiger partial charge in [-0.1, -0.05) is 0 Å². The Morgan fingerprint density at radius 1 is 1.32 bits per heavy atom. The molecule has 0 saturated carbocycles. The monoisotopic (exact) mass is 265 g/mol. The van der Waals surface area contributed by atoms with Crippen LogP contribution in [0.4, 0.5) is 5.69 Å². The third-order valence-electron chi connectivity index (χ3n) is 3.45. The van der Waals surface area contributed by atoms with E-state index in [1.165, 1.54) is 12.8 Å². The topological polar surface area (TPSA) is 39.7 Å². The number of benzene rings is 1. The molecule has 0 radical (unpaired) electrons. The summed E-state index contributed by atoms with van der Waals surface area (Å²) in [4.78, 5) is 0. The Hall–Kier alpha value is -1.42. The Morgan fingerprint density at radius 2 is 2.21 bits per heavy atom. The molecule has 1 N–H and O–H groups in total. The minimum atomic E-state index is 0.467. The fourth-order valence-electron chi connectivity index (χ4n) is 2.38. The molecular weight excluding hydrogens is 242 g/mol. The molecule has 1 fully saturated rings. The summed E-state index contributed by atoms with van der Waals surface area (Å²) >= 11 is 0. The van der Waals surface area contributed by atoms with Crippen molar-refractivity contribution in [1.29, 1.82) is 0 Å². The summed E-state index contributed by atoms with van der Waals surface area (Å²) in [5.41, 5.74) is 0.981. The van der Waals surface area contributed by atoms with E-state index in [2.05, 4.69) is 5.32 Å². The quantitative estimate of drug-likeness (QED) is 0.769. The van der Waals surface area contributed by atoms with Crippen molar-refractivity contribution >= 4 is 5.69 Å². The Balaban J connectivity index is 1.80. The molecule has 1 aromatic carbocycles. The molecule has 0 spiro atoms. The lowest BCUT2D eigenvalue weighted by Crippen LogP contribution is -2.09. The van der Waals surface area contributed by atoms with Crippen molar-refractivity contribution in [3.05, 3.63) is 18.2 Å². The second-order valence-corrected chi connectivity index (χ2v) is 4.77. The van der Waals surface area contributed by atoms with E-state index in [1.54, 1.807) is 14.2 Å². The van der Waals surface area contributed by atoms with E-state index in [1.807, 2.05) is 18.2 Å². The number of anilines is 1. The molecule has 4 nitrogen and oxygen atoms in total. The van der Waals surface area contributed by atoms with Crippen LogP contribution in [0.2, 0.25) is 0 Å². The first kappa shape index (κ1) is 14.0. The predicted molar refractivity (Wildman–Crippen MR) is 76.2 cm³/mol. The minimum absolute atomic E-state index is 0.467. The van der Waals surface area contributed by atoms with Crippen LogP contribution in [0.3, 0.4) is 0 Å². The lowest BCUT2D eigenvalue weighted by molar-refractivity contribution is 0.103. The Morgan fingerprint density at radius 3 is 2.89 bits per heavy atom. The molecule has 1 aliphatic heterocycles. The number of methoxy groups -OCH3 is 2. The summed E-state index contributed by atoms with van der Waals surface area (Å²) in [5, 5.41) is 3.40. The molecule has 1 aromatic rings. The van der Waals surface area contributed by atoms with Crippen molar-refractivity contribution in [2.75, 3.05) is 32.7 Å². The van der Waals surface area contributed by atoms with Crippen LogP contribution in [0.15, 0.2) is 18.2 Å². The van der Waals surface area contributed by atoms with Crippen LogP contribution in [0, 0.1) is 0 Å². The zero-order valence-electron chi connectivity index (χ0n) is 11.8. The van der Waals surface area contributed by atoms with Gasteiger partial charge in [-0.15, -0.1) is 0 Å². The van der Waals surface area contributed by atoms with E-state index in [0.717, 1.165) is 43.2 Å². The van der Waals surface area contributed by atoms with Gasteiger partial charge < -0.3 is 19.5 Å². The van der Waals surface area contributed by atoms with Gasteiger partial charge in [-0.3, -0.25) is 0 Å². The van der Waals surface area contributed by atoms with Crippen LogP contribution in [-0.2, 0) is 4.74 Å². The SMILES string of the molecule is COc1ccc(OC)c(NCCCC2CCCO2)c1. The van der Waals surface area contributed by atoms with Crippen molar-refractivity contribution in [3.63, 3.8) is 0 Å². The lowest BCUT2D eigenvalue weighted by atomic mass is 10.1. The van der Waals surface area contributed by atoms with Gasteiger partial charge in [0.05, 0.1) is 26.0 Å². The highest BCUT2D eigenvalue weighted by Crippen LogP contribution is 2.29. The molecule has 4 heteroatoms. The highest BCUT2D eigenvalue weighted by molar-refractivity contribution is 5.59. The van der Waals surface area contributed by atoms with Crippen molar-refractivity contribution in [2.45, 2.75) is 31.8 Å². The maximum atomic E-state index is 5.61. The fraction of sp³-hybridized carbons (Fsp3) is 0.600. The van der Waals surface area contributed by atoms with Gasteiger partial charge in [0.2, 0.25) is 0 Å². The molecule has 0 amide bonds. The zero-order chi connectivity index (χ0) is 13.5. The fourth-order valence-corrected chi connectivity index (χ4v) is 2.38. The molecule has 1 atom stereocenters. The molecule has 2 rings (SSSR count). The first-order valence-corrected chi connectivity index (χ1v) is 6.91. The maximum Gasteiger partial charge on any atom is 0.142 e. The average Bonchev–Trinajstić information content (AvgIpc) is 2.96. The zero-order valence-corrected chi connectivity index (χ0v) is 11.8. The predicted octanol–water partition coefficient (Wildman–Crippen LogP) is 3.07. The van der Waals surface area contributed by atoms with Gasteiger partial charge in [0.25, 0.3) is 0 Å². The van der Waals surface area contributed by atoms with Gasteiger partial charge in [-0.25, -0.2) is 0 Å². The summed E-state index contributed by atoms with van der Waals surface area (Å²) < 4.78 is 16.2. The van der Waals surface area contributed by atoms with E-state index in [9.17, 15) is 0 Å². The number of hydrogen-bond acceptors (Lipinski definition) is 4. The highest BCUT2D eigenvalue weighted by atomic mass is 16.5. The summed E-state index contributed by atoms with van der Waals surface area (Å²) in [5.74, 6) is 1.68. The maximum absolute atomic E-state index is 5.61. The molecular formula is C15H23NO3. The summed E-state index contributed by atoms with van der Waals surface area (Å²) in [6.45, 7) is 1.85. The molecule has 1 aliphatic rings. The molecule has 0 aromatic heterocycles. The van der Waals surface area contributed by atoms with Crippen LogP contribution in [0.25, 0.3) is 0 Å². The first-order valence-electron chi connectivity index (χ1n) is 6.91. The van der Waals surface area contributed by atoms with Crippen LogP contribution < -0.4 is 14.8 Å². The lowest BCUT2D eigenvalue weighted by Gasteiger charge is -2.13. The number of nitrogens with one attached hydrogen (secondary N) is 1. The summed E-state index contributed by atoms with van der Waals surface area (Å²) in [7, 11) is 3.35. The number of hydrogen-bond donors (Lipinski definition) is 1. The van der Waals surface area contributed by atoms with Crippen molar-refractivity contribution < 1.29 is 14.2 Å². The number of rotatable bonds is 7. The van der Waals surface area contributed by atoms with Gasteiger partial charge in [0.1, 0.15) is 11.5 Å². The van der Waals surface area contributed by atoms with Crippen molar-refractivity contribution in [3.8, 4) is 11.5 Å². The Labute approximate surface area is 115 Å².